The van der Waals surface area contributed by atoms with Crippen molar-refractivity contribution in [2.45, 2.75) is 26.2 Å². The van der Waals surface area contributed by atoms with Crippen LogP contribution in [0.3, 0.4) is 0 Å². The number of rotatable bonds is 6. The zero-order valence-corrected chi connectivity index (χ0v) is 32.1. The molecule has 57 heavy (non-hydrogen) atoms. The standard InChI is InChI=1S/C52H40N4O/c1-52(2,3)38-29-36(28-37(30-38)45-31-35(26-27-53-45)34-16-7-4-8-17-34)41-23-15-25-47-50(41)54-51(56(47)40-20-11-6-12-21-40)44-32-43-42-22-13-14-24-46(42)55(48(43)33-49(44)57)39-18-9-5-10-19-39/h4-33,57H,1-3H3. The zero-order chi connectivity index (χ0) is 38.7. The van der Waals surface area contributed by atoms with Crippen LogP contribution in [0.1, 0.15) is 26.3 Å². The molecule has 0 aliphatic rings. The molecule has 10 rings (SSSR count). The average Bonchev–Trinajstić information content (AvgIpc) is 3.79. The van der Waals surface area contributed by atoms with Crippen molar-refractivity contribution in [3.05, 3.63) is 188 Å². The summed E-state index contributed by atoms with van der Waals surface area (Å²) in [6, 6.07) is 60.9. The van der Waals surface area contributed by atoms with Gasteiger partial charge < -0.3 is 9.67 Å². The van der Waals surface area contributed by atoms with E-state index in [1.165, 1.54) is 5.56 Å². The van der Waals surface area contributed by atoms with E-state index in [0.717, 1.165) is 77.7 Å². The van der Waals surface area contributed by atoms with E-state index >= 15 is 0 Å². The maximum atomic E-state index is 12.1. The highest BCUT2D eigenvalue weighted by molar-refractivity contribution is 6.11. The van der Waals surface area contributed by atoms with Crippen LogP contribution >= 0.6 is 0 Å². The van der Waals surface area contributed by atoms with E-state index in [9.17, 15) is 5.11 Å². The maximum Gasteiger partial charge on any atom is 0.149 e. The van der Waals surface area contributed by atoms with Crippen LogP contribution in [0, 0.1) is 0 Å². The van der Waals surface area contributed by atoms with Gasteiger partial charge in [0.15, 0.2) is 0 Å². The maximum absolute atomic E-state index is 12.1. The number of nitrogens with zero attached hydrogens (tertiary/aromatic N) is 4. The number of pyridine rings is 1. The molecule has 0 atom stereocenters. The lowest BCUT2D eigenvalue weighted by Gasteiger charge is -2.22. The summed E-state index contributed by atoms with van der Waals surface area (Å²) in [4.78, 5) is 10.4. The fourth-order valence-corrected chi connectivity index (χ4v) is 8.15. The van der Waals surface area contributed by atoms with E-state index in [2.05, 4.69) is 157 Å². The number of aromatic hydroxyl groups is 1. The Morgan fingerprint density at radius 3 is 1.86 bits per heavy atom. The summed E-state index contributed by atoms with van der Waals surface area (Å²) in [5.41, 5.74) is 13.9. The van der Waals surface area contributed by atoms with Gasteiger partial charge in [0.05, 0.1) is 33.3 Å². The Hall–Kier alpha value is -7.24. The number of benzene rings is 7. The first-order valence-electron chi connectivity index (χ1n) is 19.4. The van der Waals surface area contributed by atoms with Crippen LogP contribution in [0.5, 0.6) is 5.75 Å². The van der Waals surface area contributed by atoms with Gasteiger partial charge in [-0.3, -0.25) is 9.55 Å². The second-order valence-corrected chi connectivity index (χ2v) is 15.7. The average molecular weight is 737 g/mol. The molecule has 7 aromatic carbocycles. The zero-order valence-electron chi connectivity index (χ0n) is 32.1. The molecule has 0 spiro atoms. The minimum absolute atomic E-state index is 0.121. The van der Waals surface area contributed by atoms with Crippen LogP contribution in [0.2, 0.25) is 0 Å². The van der Waals surface area contributed by atoms with Crippen molar-refractivity contribution >= 4 is 32.8 Å². The first kappa shape index (κ1) is 34.3. The molecule has 0 bridgehead atoms. The highest BCUT2D eigenvalue weighted by Crippen LogP contribution is 2.43. The molecule has 0 radical (unpaired) electrons. The third kappa shape index (κ3) is 5.96. The summed E-state index contributed by atoms with van der Waals surface area (Å²) in [5.74, 6) is 0.835. The van der Waals surface area contributed by atoms with Crippen molar-refractivity contribution in [3.8, 4) is 62.0 Å². The fourth-order valence-electron chi connectivity index (χ4n) is 8.15. The molecule has 1 N–H and O–H groups in total. The Labute approximate surface area is 331 Å². The van der Waals surface area contributed by atoms with Gasteiger partial charge in [-0.15, -0.1) is 0 Å². The second kappa shape index (κ2) is 13.5. The molecule has 0 saturated carbocycles. The SMILES string of the molecule is CC(C)(C)c1cc(-c2cc(-c3ccccc3)ccn2)cc(-c2cccc3c2nc(-c2cc4c5ccccc5n(-c5ccccc5)c4cc2O)n3-c2ccccc2)c1. The highest BCUT2D eigenvalue weighted by Gasteiger charge is 2.24. The van der Waals surface area contributed by atoms with Crippen molar-refractivity contribution in [2.75, 3.05) is 0 Å². The van der Waals surface area contributed by atoms with Crippen LogP contribution in [0.4, 0.5) is 0 Å². The molecule has 5 heteroatoms. The predicted octanol–water partition coefficient (Wildman–Crippen LogP) is 13.2. The lowest BCUT2D eigenvalue weighted by atomic mass is 9.83. The molecular formula is C52H40N4O. The van der Waals surface area contributed by atoms with Crippen molar-refractivity contribution in [2.24, 2.45) is 0 Å². The van der Waals surface area contributed by atoms with Crippen LogP contribution in [0.15, 0.2) is 182 Å². The summed E-state index contributed by atoms with van der Waals surface area (Å²) >= 11 is 0. The molecule has 0 saturated heterocycles. The van der Waals surface area contributed by atoms with E-state index in [0.29, 0.717) is 11.4 Å². The summed E-state index contributed by atoms with van der Waals surface area (Å²) in [7, 11) is 0. The molecule has 274 valence electrons. The summed E-state index contributed by atoms with van der Waals surface area (Å²) in [6.45, 7) is 6.75. The van der Waals surface area contributed by atoms with Crippen molar-refractivity contribution in [3.63, 3.8) is 0 Å². The quantitative estimate of drug-likeness (QED) is 0.185. The Balaban J connectivity index is 1.21. The highest BCUT2D eigenvalue weighted by atomic mass is 16.3. The van der Waals surface area contributed by atoms with E-state index in [1.54, 1.807) is 0 Å². The molecule has 0 fully saturated rings. The summed E-state index contributed by atoms with van der Waals surface area (Å²) in [5, 5.41) is 14.2. The number of fused-ring (bicyclic) bond motifs is 4. The lowest BCUT2D eigenvalue weighted by molar-refractivity contribution is 0.477. The van der Waals surface area contributed by atoms with Crippen LogP contribution in [0.25, 0.3) is 89.1 Å². The number of phenolic OH excluding ortho intramolecular Hbond substituents is 1. The number of phenols is 1. The Morgan fingerprint density at radius 2 is 1.12 bits per heavy atom. The molecule has 10 aromatic rings. The summed E-state index contributed by atoms with van der Waals surface area (Å²) < 4.78 is 4.39. The Kier molecular flexibility index (Phi) is 8.12. The molecule has 3 heterocycles. The molecule has 0 aliphatic carbocycles. The third-order valence-electron chi connectivity index (χ3n) is 11.0. The minimum atomic E-state index is -0.121. The lowest BCUT2D eigenvalue weighted by Crippen LogP contribution is -2.11. The predicted molar refractivity (Wildman–Crippen MR) is 235 cm³/mol. The van der Waals surface area contributed by atoms with E-state index in [4.69, 9.17) is 9.97 Å². The first-order valence-corrected chi connectivity index (χ1v) is 19.4. The van der Waals surface area contributed by atoms with Crippen LogP contribution < -0.4 is 0 Å². The molecule has 3 aromatic heterocycles. The van der Waals surface area contributed by atoms with Gasteiger partial charge in [-0.25, -0.2) is 4.98 Å². The molecule has 5 nitrogen and oxygen atoms in total. The third-order valence-corrected chi connectivity index (χ3v) is 11.0. The first-order chi connectivity index (χ1) is 27.8. The van der Waals surface area contributed by atoms with Crippen molar-refractivity contribution in [1.29, 1.82) is 0 Å². The molecular weight excluding hydrogens is 697 g/mol. The van der Waals surface area contributed by atoms with Gasteiger partial charge in [-0.05, 0) is 94.4 Å². The van der Waals surface area contributed by atoms with Gasteiger partial charge >= 0.3 is 0 Å². The second-order valence-electron chi connectivity index (χ2n) is 15.7. The largest absolute Gasteiger partial charge is 0.507 e. The van der Waals surface area contributed by atoms with Crippen LogP contribution in [-0.4, -0.2) is 24.2 Å². The Bertz CT molecular complexity index is 3100. The number of hydrogen-bond donors (Lipinski definition) is 1. The number of imidazole rings is 1. The monoisotopic (exact) mass is 736 g/mol. The van der Waals surface area contributed by atoms with Gasteiger partial charge in [-0.2, -0.15) is 0 Å². The summed E-state index contributed by atoms with van der Waals surface area (Å²) in [6.07, 6.45) is 1.90. The fraction of sp³-hybridized carbons (Fsp3) is 0.0769. The minimum Gasteiger partial charge on any atom is -0.507 e. The van der Waals surface area contributed by atoms with Crippen molar-refractivity contribution < 1.29 is 5.11 Å². The van der Waals surface area contributed by atoms with E-state index < -0.39 is 0 Å². The topological polar surface area (TPSA) is 55.9 Å². The van der Waals surface area contributed by atoms with Gasteiger partial charge in [0.25, 0.3) is 0 Å². The number of para-hydroxylation sites is 4. The van der Waals surface area contributed by atoms with Crippen molar-refractivity contribution in [1.82, 2.24) is 19.1 Å². The molecule has 0 unspecified atom stereocenters. The van der Waals surface area contributed by atoms with Gasteiger partial charge in [0, 0.05) is 45.5 Å². The van der Waals surface area contributed by atoms with E-state index in [-0.39, 0.29) is 11.2 Å². The number of hydrogen-bond acceptors (Lipinski definition) is 3. The molecule has 0 amide bonds. The van der Waals surface area contributed by atoms with Gasteiger partial charge in [-0.1, -0.05) is 124 Å². The molecule has 0 aliphatic heterocycles. The Morgan fingerprint density at radius 1 is 0.474 bits per heavy atom. The van der Waals surface area contributed by atoms with Crippen LogP contribution in [-0.2, 0) is 5.41 Å². The number of aromatic nitrogens is 4. The van der Waals surface area contributed by atoms with Gasteiger partial charge in [0.1, 0.15) is 11.6 Å². The van der Waals surface area contributed by atoms with E-state index in [1.807, 2.05) is 54.7 Å². The van der Waals surface area contributed by atoms with Gasteiger partial charge in [0.2, 0.25) is 0 Å². The normalized spacial score (nSPS) is 11.8. The smallest absolute Gasteiger partial charge is 0.149 e.